The van der Waals surface area contributed by atoms with Crippen molar-refractivity contribution in [2.45, 2.75) is 25.8 Å². The van der Waals surface area contributed by atoms with Gasteiger partial charge in [0.15, 0.2) is 0 Å². The summed E-state index contributed by atoms with van der Waals surface area (Å²) >= 11 is 0. The summed E-state index contributed by atoms with van der Waals surface area (Å²) in [6.45, 7) is 3.88. The monoisotopic (exact) mass is 398 g/mol. The molecule has 0 unspecified atom stereocenters. The Morgan fingerprint density at radius 2 is 2.07 bits per heavy atom. The van der Waals surface area contributed by atoms with E-state index in [9.17, 15) is 4.79 Å². The molecule has 2 heterocycles. The lowest BCUT2D eigenvalue weighted by molar-refractivity contribution is 0.0947. The fourth-order valence-corrected chi connectivity index (χ4v) is 4.65. The smallest absolute Gasteiger partial charge is 0.267 e. The molecule has 2 aromatic carbocycles. The minimum absolute atomic E-state index is 0.0159. The number of H-pyrrole nitrogens is 1. The average Bonchev–Trinajstić information content (AvgIpc) is 3.39. The summed E-state index contributed by atoms with van der Waals surface area (Å²) in [7, 11) is 0. The quantitative estimate of drug-likeness (QED) is 0.662. The van der Waals surface area contributed by atoms with E-state index in [-0.39, 0.29) is 5.91 Å². The van der Waals surface area contributed by atoms with Crippen molar-refractivity contribution >= 4 is 16.8 Å². The van der Waals surface area contributed by atoms with Gasteiger partial charge in [-0.05, 0) is 73.0 Å². The number of nitriles is 1. The summed E-state index contributed by atoms with van der Waals surface area (Å²) in [6, 6.07) is 18.2. The van der Waals surface area contributed by atoms with Crippen LogP contribution in [0.15, 0.2) is 48.5 Å². The van der Waals surface area contributed by atoms with Crippen LogP contribution in [0.5, 0.6) is 0 Å². The Morgan fingerprint density at radius 1 is 1.17 bits per heavy atom. The third-order valence-corrected chi connectivity index (χ3v) is 6.61. The number of amides is 1. The van der Waals surface area contributed by atoms with Crippen molar-refractivity contribution in [3.8, 4) is 6.07 Å². The van der Waals surface area contributed by atoms with Crippen LogP contribution in [0, 0.1) is 23.2 Å². The second kappa shape index (κ2) is 7.97. The lowest BCUT2D eigenvalue weighted by Gasteiger charge is -2.28. The van der Waals surface area contributed by atoms with Crippen molar-refractivity contribution in [1.29, 1.82) is 5.26 Å². The zero-order chi connectivity index (χ0) is 20.5. The van der Waals surface area contributed by atoms with Gasteiger partial charge in [-0.15, -0.1) is 0 Å². The van der Waals surface area contributed by atoms with Gasteiger partial charge >= 0.3 is 0 Å². The van der Waals surface area contributed by atoms with Gasteiger partial charge in [0.2, 0.25) is 0 Å². The number of aromatic amines is 1. The molecular weight excluding hydrogens is 372 g/mol. The lowest BCUT2D eigenvalue weighted by Crippen LogP contribution is -2.32. The van der Waals surface area contributed by atoms with Crippen LogP contribution in [-0.4, -0.2) is 35.4 Å². The first-order valence-corrected chi connectivity index (χ1v) is 10.8. The Bertz CT molecular complexity index is 1090. The first-order valence-electron chi connectivity index (χ1n) is 10.8. The Balaban J connectivity index is 1.07. The molecule has 1 amide bonds. The van der Waals surface area contributed by atoms with Crippen molar-refractivity contribution in [3.05, 3.63) is 70.9 Å². The molecule has 5 heteroatoms. The van der Waals surface area contributed by atoms with Crippen LogP contribution >= 0.6 is 0 Å². The van der Waals surface area contributed by atoms with Crippen molar-refractivity contribution < 1.29 is 4.79 Å². The van der Waals surface area contributed by atoms with Gasteiger partial charge in [-0.25, -0.2) is 0 Å². The van der Waals surface area contributed by atoms with Crippen LogP contribution in [0.3, 0.4) is 0 Å². The van der Waals surface area contributed by atoms with Crippen LogP contribution < -0.4 is 5.32 Å². The highest BCUT2D eigenvalue weighted by Gasteiger charge is 2.37. The maximum absolute atomic E-state index is 12.5. The number of nitrogens with one attached hydrogen (secondary N) is 2. The predicted octanol–water partition coefficient (Wildman–Crippen LogP) is 3.85. The van der Waals surface area contributed by atoms with Gasteiger partial charge in [0.25, 0.3) is 5.91 Å². The van der Waals surface area contributed by atoms with E-state index in [1.165, 1.54) is 24.0 Å². The molecule has 152 valence electrons. The highest BCUT2D eigenvalue weighted by atomic mass is 16.1. The molecule has 1 aromatic heterocycles. The Morgan fingerprint density at radius 3 is 2.93 bits per heavy atom. The largest absolute Gasteiger partial charge is 0.351 e. The van der Waals surface area contributed by atoms with E-state index in [1.807, 2.05) is 42.5 Å². The maximum atomic E-state index is 12.5. The van der Waals surface area contributed by atoms with Crippen LogP contribution in [0.4, 0.5) is 0 Å². The van der Waals surface area contributed by atoms with Crippen LogP contribution in [0.2, 0.25) is 0 Å². The highest BCUT2D eigenvalue weighted by Crippen LogP contribution is 2.41. The van der Waals surface area contributed by atoms with Gasteiger partial charge in [-0.2, -0.15) is 5.26 Å². The molecule has 2 aliphatic rings. The van der Waals surface area contributed by atoms with E-state index in [2.05, 4.69) is 27.3 Å². The van der Waals surface area contributed by atoms with Gasteiger partial charge in [0, 0.05) is 30.5 Å². The van der Waals surface area contributed by atoms with E-state index in [4.69, 9.17) is 5.26 Å². The molecule has 5 nitrogen and oxygen atoms in total. The third kappa shape index (κ3) is 3.96. The lowest BCUT2D eigenvalue weighted by atomic mass is 9.97. The molecule has 0 radical (unpaired) electrons. The topological polar surface area (TPSA) is 71.9 Å². The number of hydrogen-bond acceptors (Lipinski definition) is 3. The molecule has 5 rings (SSSR count). The van der Waals surface area contributed by atoms with E-state index in [0.29, 0.717) is 17.5 Å². The summed E-state index contributed by atoms with van der Waals surface area (Å²) in [6.07, 6.45) is 3.45. The molecule has 3 aromatic rings. The summed E-state index contributed by atoms with van der Waals surface area (Å²) in [5, 5.41) is 13.3. The van der Waals surface area contributed by atoms with E-state index < -0.39 is 0 Å². The first kappa shape index (κ1) is 18.9. The van der Waals surface area contributed by atoms with E-state index >= 15 is 0 Å². The zero-order valence-electron chi connectivity index (χ0n) is 17.0. The summed E-state index contributed by atoms with van der Waals surface area (Å²) < 4.78 is 0. The fourth-order valence-electron chi connectivity index (χ4n) is 4.65. The second-order valence-electron chi connectivity index (χ2n) is 8.65. The number of hydrogen-bond donors (Lipinski definition) is 2. The molecule has 30 heavy (non-hydrogen) atoms. The van der Waals surface area contributed by atoms with Crippen molar-refractivity contribution in [3.63, 3.8) is 0 Å². The number of aromatic nitrogens is 1. The second-order valence-corrected chi connectivity index (χ2v) is 8.65. The molecule has 1 fully saturated rings. The van der Waals surface area contributed by atoms with Gasteiger partial charge in [-0.1, -0.05) is 24.3 Å². The highest BCUT2D eigenvalue weighted by molar-refractivity contribution is 5.97. The average molecular weight is 399 g/mol. The van der Waals surface area contributed by atoms with Crippen LogP contribution in [0.25, 0.3) is 10.9 Å². The number of benzene rings is 2. The molecule has 1 aliphatic carbocycles. The molecular formula is C25H26N4O. The number of nitrogens with zero attached hydrogens (tertiary/aromatic N) is 2. The van der Waals surface area contributed by atoms with E-state index in [1.54, 1.807) is 0 Å². The molecule has 0 spiro atoms. The number of carbonyl (C=O) groups is 1. The van der Waals surface area contributed by atoms with E-state index in [0.717, 1.165) is 49.1 Å². The predicted molar refractivity (Wildman–Crippen MR) is 117 cm³/mol. The van der Waals surface area contributed by atoms with Crippen LogP contribution in [0.1, 0.15) is 40.0 Å². The maximum Gasteiger partial charge on any atom is 0.267 e. The Kier molecular flexibility index (Phi) is 5.02. The standard InChI is InChI=1S/C25H26N4O/c26-14-17-5-6-18-7-9-29(16-22(18)11-17)10-8-19-12-21(19)15-27-25(30)24-13-20-3-1-2-4-23(20)28-24/h1-6,11,13,19,21,28H,7-10,12,15-16H2,(H,27,30)/t19-,21+/m1/s1. The van der Waals surface area contributed by atoms with Crippen molar-refractivity contribution in [1.82, 2.24) is 15.2 Å². The molecule has 2 N–H and O–H groups in total. The fraction of sp³-hybridized carbons (Fsp3) is 0.360. The minimum atomic E-state index is -0.0159. The molecule has 2 atom stereocenters. The van der Waals surface area contributed by atoms with Gasteiger partial charge in [0.05, 0.1) is 11.6 Å². The summed E-state index contributed by atoms with van der Waals surface area (Å²) in [5.41, 5.74) is 5.07. The number of fused-ring (bicyclic) bond motifs is 2. The molecule has 1 aliphatic heterocycles. The van der Waals surface area contributed by atoms with Crippen molar-refractivity contribution in [2.75, 3.05) is 19.6 Å². The summed E-state index contributed by atoms with van der Waals surface area (Å²) in [5.74, 6) is 1.29. The first-order chi connectivity index (χ1) is 14.7. The number of para-hydroxylation sites is 1. The normalized spacial score (nSPS) is 20.5. The molecule has 1 saturated carbocycles. The Hall–Kier alpha value is -3.10. The van der Waals surface area contributed by atoms with Crippen LogP contribution in [-0.2, 0) is 13.0 Å². The van der Waals surface area contributed by atoms with Gasteiger partial charge < -0.3 is 10.3 Å². The Labute approximate surface area is 176 Å². The summed E-state index contributed by atoms with van der Waals surface area (Å²) in [4.78, 5) is 18.2. The molecule has 0 saturated heterocycles. The van der Waals surface area contributed by atoms with Crippen molar-refractivity contribution in [2.24, 2.45) is 11.8 Å². The third-order valence-electron chi connectivity index (χ3n) is 6.61. The minimum Gasteiger partial charge on any atom is -0.351 e. The zero-order valence-corrected chi connectivity index (χ0v) is 17.0. The molecule has 0 bridgehead atoms. The SMILES string of the molecule is N#Cc1ccc2c(c1)CN(CC[C@@H]1C[C@H]1CNC(=O)c1cc3ccccc3[nH]1)CC2. The number of carbonyl (C=O) groups excluding carboxylic acids is 1. The van der Waals surface area contributed by atoms with Gasteiger partial charge in [0.1, 0.15) is 5.69 Å². The van der Waals surface area contributed by atoms with Gasteiger partial charge in [-0.3, -0.25) is 9.69 Å². The number of rotatable bonds is 6.